The van der Waals surface area contributed by atoms with Crippen LogP contribution in [0.2, 0.25) is 0 Å². The molecule has 3 heterocycles. The second-order valence-electron chi connectivity index (χ2n) is 9.97. The third-order valence-corrected chi connectivity index (χ3v) is 7.29. The van der Waals surface area contributed by atoms with Gasteiger partial charge < -0.3 is 14.6 Å². The van der Waals surface area contributed by atoms with E-state index in [2.05, 4.69) is 37.4 Å². The van der Waals surface area contributed by atoms with Crippen LogP contribution in [0, 0.1) is 11.7 Å². The lowest BCUT2D eigenvalue weighted by atomic mass is 9.88. The number of piperazine rings is 1. The Balaban J connectivity index is 1.09. The lowest BCUT2D eigenvalue weighted by Gasteiger charge is -2.36. The number of fused-ring (bicyclic) bond motifs is 1. The summed E-state index contributed by atoms with van der Waals surface area (Å²) < 4.78 is 19.7. The van der Waals surface area contributed by atoms with Crippen molar-refractivity contribution < 1.29 is 13.9 Å². The van der Waals surface area contributed by atoms with Crippen molar-refractivity contribution in [3.8, 4) is 17.1 Å². The lowest BCUT2D eigenvalue weighted by Crippen LogP contribution is -2.49. The summed E-state index contributed by atoms with van der Waals surface area (Å²) in [4.78, 5) is 25.8. The highest BCUT2D eigenvalue weighted by Gasteiger charge is 2.30. The topological polar surface area (TPSA) is 116 Å². The molecule has 1 aliphatic heterocycles. The van der Waals surface area contributed by atoms with E-state index in [4.69, 9.17) is 9.72 Å². The minimum atomic E-state index is -0.184. The van der Waals surface area contributed by atoms with E-state index in [9.17, 15) is 9.18 Å². The van der Waals surface area contributed by atoms with Crippen molar-refractivity contribution in [1.29, 1.82) is 0 Å². The van der Waals surface area contributed by atoms with Crippen molar-refractivity contribution in [3.05, 3.63) is 82.7 Å². The summed E-state index contributed by atoms with van der Waals surface area (Å²) in [5, 5.41) is 13.5. The first-order valence-corrected chi connectivity index (χ1v) is 13.0. The number of aromatic nitrogens is 6. The highest BCUT2D eigenvalue weighted by atomic mass is 19.1. The molecule has 1 aliphatic carbocycles. The van der Waals surface area contributed by atoms with Crippen LogP contribution in [0.5, 0.6) is 5.75 Å². The summed E-state index contributed by atoms with van der Waals surface area (Å²) in [5.74, 6) is 1.96. The first-order valence-electron chi connectivity index (χ1n) is 13.0. The fraction of sp³-hybridized carbons (Fsp3) is 0.321. The lowest BCUT2D eigenvalue weighted by molar-refractivity contribution is -0.129. The van der Waals surface area contributed by atoms with Crippen LogP contribution < -0.4 is 4.74 Å². The van der Waals surface area contributed by atoms with E-state index >= 15 is 0 Å². The maximum absolute atomic E-state index is 14.0. The van der Waals surface area contributed by atoms with Gasteiger partial charge in [0.15, 0.2) is 5.82 Å². The van der Waals surface area contributed by atoms with Crippen LogP contribution in [-0.2, 0) is 24.4 Å². The van der Waals surface area contributed by atoms with Crippen molar-refractivity contribution in [3.63, 3.8) is 0 Å². The number of aromatic amines is 2. The standard InChI is InChI=1S/C28H29FN8O2/c1-18-14-24-25(31-27(30-24)19-6-8-21(9-7-19)39-17-26-32-34-35-33-26)15-22(18)28(38)37-12-10-36(11-13-37)16-20-4-2-3-5-23(20)29/h2-9,15,18H,10-14,16-17H2,1H3,(H,30,31)(H,32,33,34,35). The Hall–Kier alpha value is -4.38. The molecule has 2 aromatic carbocycles. The van der Waals surface area contributed by atoms with Crippen LogP contribution in [-0.4, -0.2) is 72.5 Å². The number of carbonyl (C=O) groups is 1. The Labute approximate surface area is 224 Å². The summed E-state index contributed by atoms with van der Waals surface area (Å²) in [6.45, 7) is 5.57. The molecule has 1 unspecified atom stereocenters. The van der Waals surface area contributed by atoms with Crippen molar-refractivity contribution in [2.24, 2.45) is 5.92 Å². The second kappa shape index (κ2) is 10.8. The summed E-state index contributed by atoms with van der Waals surface area (Å²) >= 11 is 0. The Morgan fingerprint density at radius 2 is 1.90 bits per heavy atom. The minimum absolute atomic E-state index is 0.0618. The molecule has 1 atom stereocenters. The highest BCUT2D eigenvalue weighted by Crippen LogP contribution is 2.31. The summed E-state index contributed by atoms with van der Waals surface area (Å²) in [6, 6.07) is 14.5. The molecule has 4 aromatic rings. The number of imidazole rings is 1. The van der Waals surface area contributed by atoms with E-state index in [1.165, 1.54) is 6.07 Å². The number of benzene rings is 2. The van der Waals surface area contributed by atoms with E-state index < -0.39 is 0 Å². The normalized spacial score (nSPS) is 17.5. The Kier molecular flexibility index (Phi) is 6.89. The average Bonchev–Trinajstić information content (AvgIpc) is 3.63. The van der Waals surface area contributed by atoms with E-state index in [0.29, 0.717) is 49.9 Å². The molecular formula is C28H29FN8O2. The molecule has 200 valence electrons. The first kappa shape index (κ1) is 24.9. The number of carbonyl (C=O) groups excluding carboxylic acids is 1. The molecule has 0 bridgehead atoms. The number of amides is 1. The maximum Gasteiger partial charge on any atom is 0.250 e. The molecule has 0 spiro atoms. The predicted octanol–water partition coefficient (Wildman–Crippen LogP) is 3.23. The molecular weight excluding hydrogens is 499 g/mol. The predicted molar refractivity (Wildman–Crippen MR) is 142 cm³/mol. The number of hydrogen-bond acceptors (Lipinski definition) is 7. The molecule has 0 radical (unpaired) electrons. The second-order valence-corrected chi connectivity index (χ2v) is 9.97. The summed E-state index contributed by atoms with van der Waals surface area (Å²) in [5.41, 5.74) is 4.24. The van der Waals surface area contributed by atoms with Crippen molar-refractivity contribution in [1.82, 2.24) is 40.4 Å². The van der Waals surface area contributed by atoms with Crippen molar-refractivity contribution in [2.45, 2.75) is 26.5 Å². The van der Waals surface area contributed by atoms with Crippen LogP contribution in [0.1, 0.15) is 29.7 Å². The van der Waals surface area contributed by atoms with Gasteiger partial charge in [-0.1, -0.05) is 25.1 Å². The molecule has 6 rings (SSSR count). The van der Waals surface area contributed by atoms with Crippen LogP contribution in [0.15, 0.2) is 54.1 Å². The molecule has 1 amide bonds. The largest absolute Gasteiger partial charge is 0.486 e. The van der Waals surface area contributed by atoms with Gasteiger partial charge in [0.2, 0.25) is 5.91 Å². The van der Waals surface area contributed by atoms with Gasteiger partial charge in [0, 0.05) is 55.1 Å². The Morgan fingerprint density at radius 1 is 1.10 bits per heavy atom. The van der Waals surface area contributed by atoms with Gasteiger partial charge in [-0.3, -0.25) is 9.69 Å². The van der Waals surface area contributed by atoms with Gasteiger partial charge in [0.05, 0.1) is 5.69 Å². The monoisotopic (exact) mass is 528 g/mol. The number of nitrogens with one attached hydrogen (secondary N) is 2. The fourth-order valence-corrected chi connectivity index (χ4v) is 5.07. The van der Waals surface area contributed by atoms with Crippen LogP contribution in [0.4, 0.5) is 4.39 Å². The quantitative estimate of drug-likeness (QED) is 0.378. The molecule has 0 saturated carbocycles. The highest BCUT2D eigenvalue weighted by molar-refractivity contribution is 5.99. The Bertz CT molecular complexity index is 1470. The number of nitrogens with zero attached hydrogens (tertiary/aromatic N) is 6. The molecule has 11 heteroatoms. The van der Waals surface area contributed by atoms with Gasteiger partial charge in [-0.15, -0.1) is 5.10 Å². The molecule has 1 saturated heterocycles. The smallest absolute Gasteiger partial charge is 0.250 e. The van der Waals surface area contributed by atoms with Gasteiger partial charge in [0.25, 0.3) is 0 Å². The number of H-pyrrole nitrogens is 2. The Morgan fingerprint density at radius 3 is 2.64 bits per heavy atom. The first-order chi connectivity index (χ1) is 19.0. The van der Waals surface area contributed by atoms with Gasteiger partial charge in [-0.25, -0.2) is 14.5 Å². The summed E-state index contributed by atoms with van der Waals surface area (Å²) in [6.07, 6.45) is 2.65. The zero-order valence-corrected chi connectivity index (χ0v) is 21.6. The molecule has 10 nitrogen and oxygen atoms in total. The number of hydrogen-bond donors (Lipinski definition) is 2. The minimum Gasteiger partial charge on any atom is -0.486 e. The maximum atomic E-state index is 14.0. The zero-order valence-electron chi connectivity index (χ0n) is 21.6. The van der Waals surface area contributed by atoms with E-state index in [-0.39, 0.29) is 24.2 Å². The molecule has 1 fully saturated rings. The van der Waals surface area contributed by atoms with Crippen LogP contribution in [0.3, 0.4) is 0 Å². The van der Waals surface area contributed by atoms with Crippen molar-refractivity contribution in [2.75, 3.05) is 26.2 Å². The number of halogens is 1. The fourth-order valence-electron chi connectivity index (χ4n) is 5.07. The molecule has 39 heavy (non-hydrogen) atoms. The van der Waals surface area contributed by atoms with Crippen LogP contribution in [0.25, 0.3) is 17.5 Å². The number of ether oxygens (including phenoxy) is 1. The molecule has 2 aromatic heterocycles. The average molecular weight is 529 g/mol. The van der Waals surface area contributed by atoms with Crippen LogP contribution >= 0.6 is 0 Å². The van der Waals surface area contributed by atoms with E-state index in [1.807, 2.05) is 47.4 Å². The van der Waals surface area contributed by atoms with E-state index in [0.717, 1.165) is 34.8 Å². The zero-order chi connectivity index (χ0) is 26.8. The SMILES string of the molecule is CC1Cc2[nH]c(-c3ccc(OCc4nnn[nH]4)cc3)nc2C=C1C(=O)N1CCN(Cc2ccccc2F)CC1. The van der Waals surface area contributed by atoms with Gasteiger partial charge in [0.1, 0.15) is 24.0 Å². The third-order valence-electron chi connectivity index (χ3n) is 7.29. The number of rotatable bonds is 7. The molecule has 2 aliphatic rings. The van der Waals surface area contributed by atoms with Gasteiger partial charge in [-0.05, 0) is 59.2 Å². The number of tetrazole rings is 1. The third kappa shape index (κ3) is 5.44. The van der Waals surface area contributed by atoms with E-state index in [1.54, 1.807) is 6.07 Å². The molecule has 2 N–H and O–H groups in total. The van der Waals surface area contributed by atoms with Crippen molar-refractivity contribution >= 4 is 12.0 Å². The summed E-state index contributed by atoms with van der Waals surface area (Å²) in [7, 11) is 0. The van der Waals surface area contributed by atoms with Gasteiger partial charge >= 0.3 is 0 Å². The van der Waals surface area contributed by atoms with Gasteiger partial charge in [-0.2, -0.15) is 0 Å².